The minimum Gasteiger partial charge on any atom is -0.493 e. The number of aryl methyl sites for hydroxylation is 1. The van der Waals surface area contributed by atoms with Crippen molar-refractivity contribution in [2.45, 2.75) is 6.92 Å². The summed E-state index contributed by atoms with van der Waals surface area (Å²) in [6.45, 7) is 1.73. The summed E-state index contributed by atoms with van der Waals surface area (Å²) in [6.07, 6.45) is 0. The Balaban J connectivity index is 1.74. The molecule has 2 N–H and O–H groups in total. The second-order valence-electron chi connectivity index (χ2n) is 5.62. The molecule has 1 aromatic carbocycles. The first kappa shape index (κ1) is 19.0. The minimum absolute atomic E-state index is 0.135. The summed E-state index contributed by atoms with van der Waals surface area (Å²) in [7, 11) is 4.60. The number of benzene rings is 1. The molecular weight excluding hydrogens is 366 g/mol. The summed E-state index contributed by atoms with van der Waals surface area (Å²) in [5.74, 6) is 2.36. The van der Waals surface area contributed by atoms with Crippen LogP contribution in [0.5, 0.6) is 17.2 Å². The average molecular weight is 385 g/mol. The molecule has 3 aromatic rings. The summed E-state index contributed by atoms with van der Waals surface area (Å²) in [5.41, 5.74) is 0.787. The van der Waals surface area contributed by atoms with Crippen LogP contribution in [-0.4, -0.2) is 42.6 Å². The predicted octanol–water partition coefficient (Wildman–Crippen LogP) is 2.79. The molecular formula is C18H19N5O5. The van der Waals surface area contributed by atoms with Gasteiger partial charge in [0.1, 0.15) is 5.76 Å². The van der Waals surface area contributed by atoms with Gasteiger partial charge in [-0.15, -0.1) is 10.2 Å². The van der Waals surface area contributed by atoms with Crippen molar-refractivity contribution >= 4 is 23.2 Å². The maximum Gasteiger partial charge on any atom is 0.277 e. The number of hydrogen-bond acceptors (Lipinski definition) is 9. The molecule has 0 spiro atoms. The smallest absolute Gasteiger partial charge is 0.277 e. The van der Waals surface area contributed by atoms with Gasteiger partial charge in [-0.1, -0.05) is 5.16 Å². The first-order valence-corrected chi connectivity index (χ1v) is 8.19. The lowest BCUT2D eigenvalue weighted by Crippen LogP contribution is -2.14. The van der Waals surface area contributed by atoms with Gasteiger partial charge in [-0.05, 0) is 19.1 Å². The fraction of sp³-hybridized carbons (Fsp3) is 0.222. The second kappa shape index (κ2) is 8.25. The highest BCUT2D eigenvalue weighted by atomic mass is 16.5. The van der Waals surface area contributed by atoms with Crippen LogP contribution in [0.2, 0.25) is 0 Å². The maximum absolute atomic E-state index is 12.2. The molecule has 28 heavy (non-hydrogen) atoms. The number of rotatable bonds is 7. The van der Waals surface area contributed by atoms with Gasteiger partial charge in [-0.2, -0.15) is 0 Å². The van der Waals surface area contributed by atoms with Crippen LogP contribution >= 0.6 is 0 Å². The highest BCUT2D eigenvalue weighted by Crippen LogP contribution is 2.40. The lowest BCUT2D eigenvalue weighted by atomic mass is 10.2. The fourth-order valence-corrected chi connectivity index (χ4v) is 2.43. The molecule has 0 aliphatic heterocycles. The van der Waals surface area contributed by atoms with Gasteiger partial charge < -0.3 is 29.4 Å². The molecule has 0 unspecified atom stereocenters. The van der Waals surface area contributed by atoms with E-state index in [0.717, 1.165) is 0 Å². The van der Waals surface area contributed by atoms with Crippen LogP contribution in [0.4, 0.5) is 17.3 Å². The van der Waals surface area contributed by atoms with Crippen molar-refractivity contribution in [2.75, 3.05) is 32.0 Å². The first-order valence-electron chi connectivity index (χ1n) is 8.19. The van der Waals surface area contributed by atoms with Crippen molar-refractivity contribution in [3.8, 4) is 17.2 Å². The standard InChI is InChI=1S/C18H19N5O5/c1-10-7-16(23-28-10)20-18(24)12-5-6-15(22-21-12)19-11-8-13(25-2)17(27-4)14(9-11)26-3/h5-9H,1-4H3,(H,19,22)(H,20,23,24). The Morgan fingerprint density at radius 2 is 1.68 bits per heavy atom. The molecule has 0 atom stereocenters. The number of nitrogens with zero attached hydrogens (tertiary/aromatic N) is 3. The Morgan fingerprint density at radius 1 is 0.964 bits per heavy atom. The third-order valence-corrected chi connectivity index (χ3v) is 3.70. The zero-order valence-corrected chi connectivity index (χ0v) is 15.8. The number of amides is 1. The predicted molar refractivity (Wildman–Crippen MR) is 101 cm³/mol. The molecule has 1 amide bonds. The first-order chi connectivity index (χ1) is 13.5. The van der Waals surface area contributed by atoms with E-state index < -0.39 is 5.91 Å². The topological polar surface area (TPSA) is 121 Å². The van der Waals surface area contributed by atoms with E-state index in [-0.39, 0.29) is 5.69 Å². The zero-order valence-electron chi connectivity index (χ0n) is 15.8. The molecule has 146 valence electrons. The van der Waals surface area contributed by atoms with Crippen molar-refractivity contribution in [3.05, 3.63) is 41.8 Å². The third kappa shape index (κ3) is 4.11. The summed E-state index contributed by atoms with van der Waals surface area (Å²) in [4.78, 5) is 12.2. The van der Waals surface area contributed by atoms with E-state index in [2.05, 4.69) is 26.0 Å². The van der Waals surface area contributed by atoms with Crippen molar-refractivity contribution < 1.29 is 23.5 Å². The number of anilines is 3. The maximum atomic E-state index is 12.2. The highest BCUT2D eigenvalue weighted by Gasteiger charge is 2.14. The molecule has 2 heterocycles. The molecule has 0 saturated heterocycles. The lowest BCUT2D eigenvalue weighted by Gasteiger charge is -2.14. The Morgan fingerprint density at radius 3 is 2.18 bits per heavy atom. The van der Waals surface area contributed by atoms with Crippen molar-refractivity contribution in [1.29, 1.82) is 0 Å². The number of methoxy groups -OCH3 is 3. The van der Waals surface area contributed by atoms with E-state index in [0.29, 0.717) is 40.3 Å². The number of carbonyl (C=O) groups excluding carboxylic acids is 1. The van der Waals surface area contributed by atoms with E-state index in [1.807, 2.05) is 0 Å². The Bertz CT molecular complexity index is 946. The van der Waals surface area contributed by atoms with Crippen LogP contribution in [-0.2, 0) is 0 Å². The molecule has 10 nitrogen and oxygen atoms in total. The van der Waals surface area contributed by atoms with Gasteiger partial charge in [0, 0.05) is 23.9 Å². The summed E-state index contributed by atoms with van der Waals surface area (Å²) >= 11 is 0. The number of carbonyl (C=O) groups is 1. The number of aromatic nitrogens is 3. The molecule has 2 aromatic heterocycles. The number of nitrogens with one attached hydrogen (secondary N) is 2. The van der Waals surface area contributed by atoms with Crippen LogP contribution < -0.4 is 24.8 Å². The molecule has 0 fully saturated rings. The largest absolute Gasteiger partial charge is 0.493 e. The highest BCUT2D eigenvalue weighted by molar-refractivity contribution is 6.02. The van der Waals surface area contributed by atoms with Crippen LogP contribution in [0.25, 0.3) is 0 Å². The molecule has 10 heteroatoms. The van der Waals surface area contributed by atoms with Crippen molar-refractivity contribution in [1.82, 2.24) is 15.4 Å². The summed E-state index contributed by atoms with van der Waals surface area (Å²) < 4.78 is 20.8. The fourth-order valence-electron chi connectivity index (χ4n) is 2.43. The van der Waals surface area contributed by atoms with E-state index >= 15 is 0 Å². The van der Waals surface area contributed by atoms with Gasteiger partial charge in [0.2, 0.25) is 5.75 Å². The second-order valence-corrected chi connectivity index (χ2v) is 5.62. The molecule has 0 aliphatic carbocycles. The van der Waals surface area contributed by atoms with Crippen LogP contribution in [0.1, 0.15) is 16.2 Å². The van der Waals surface area contributed by atoms with Gasteiger partial charge >= 0.3 is 0 Å². The number of hydrogen-bond donors (Lipinski definition) is 2. The van der Waals surface area contributed by atoms with Crippen molar-refractivity contribution in [2.24, 2.45) is 0 Å². The van der Waals surface area contributed by atoms with Crippen molar-refractivity contribution in [3.63, 3.8) is 0 Å². The SMILES string of the molecule is COc1cc(Nc2ccc(C(=O)Nc3cc(C)on3)nn2)cc(OC)c1OC. The Kier molecular flexibility index (Phi) is 5.58. The van der Waals surface area contributed by atoms with Gasteiger partial charge in [-0.3, -0.25) is 4.79 Å². The van der Waals surface area contributed by atoms with E-state index in [4.69, 9.17) is 18.7 Å². The third-order valence-electron chi connectivity index (χ3n) is 3.70. The average Bonchev–Trinajstić information content (AvgIpc) is 3.12. The molecule has 0 radical (unpaired) electrons. The monoisotopic (exact) mass is 385 g/mol. The lowest BCUT2D eigenvalue weighted by molar-refractivity contribution is 0.102. The quantitative estimate of drug-likeness (QED) is 0.632. The molecule has 0 saturated carbocycles. The van der Waals surface area contributed by atoms with Crippen LogP contribution in [0.15, 0.2) is 34.9 Å². The zero-order chi connectivity index (χ0) is 20.1. The summed E-state index contributed by atoms with van der Waals surface area (Å²) in [6, 6.07) is 8.23. The summed E-state index contributed by atoms with van der Waals surface area (Å²) in [5, 5.41) is 17.3. The Hall–Kier alpha value is -3.82. The van der Waals surface area contributed by atoms with Gasteiger partial charge in [-0.25, -0.2) is 0 Å². The van der Waals surface area contributed by atoms with Crippen LogP contribution in [0, 0.1) is 6.92 Å². The normalized spacial score (nSPS) is 10.3. The van der Waals surface area contributed by atoms with E-state index in [9.17, 15) is 4.79 Å². The Labute approximate surface area is 160 Å². The van der Waals surface area contributed by atoms with Gasteiger partial charge in [0.15, 0.2) is 28.8 Å². The molecule has 0 bridgehead atoms. The molecule has 3 rings (SSSR count). The van der Waals surface area contributed by atoms with Gasteiger partial charge in [0.05, 0.1) is 21.3 Å². The minimum atomic E-state index is -0.444. The van der Waals surface area contributed by atoms with Gasteiger partial charge in [0.25, 0.3) is 5.91 Å². The molecule has 0 aliphatic rings. The van der Waals surface area contributed by atoms with E-state index in [1.54, 1.807) is 31.2 Å². The van der Waals surface area contributed by atoms with E-state index in [1.165, 1.54) is 27.4 Å². The number of ether oxygens (including phenoxy) is 3. The van der Waals surface area contributed by atoms with Crippen LogP contribution in [0.3, 0.4) is 0 Å².